The van der Waals surface area contributed by atoms with Gasteiger partial charge in [-0.2, -0.15) is 0 Å². The van der Waals surface area contributed by atoms with E-state index in [0.29, 0.717) is 12.1 Å². The maximum absolute atomic E-state index is 11.8. The molecule has 0 aromatic heterocycles. The lowest BCUT2D eigenvalue weighted by Gasteiger charge is -2.44. The summed E-state index contributed by atoms with van der Waals surface area (Å²) in [6, 6.07) is 1.21. The van der Waals surface area contributed by atoms with Crippen molar-refractivity contribution in [2.24, 2.45) is 11.3 Å². The molecule has 18 heavy (non-hydrogen) atoms. The van der Waals surface area contributed by atoms with Crippen LogP contribution >= 0.6 is 0 Å². The van der Waals surface area contributed by atoms with E-state index in [1.807, 2.05) is 13.8 Å². The van der Waals surface area contributed by atoms with Gasteiger partial charge in [-0.1, -0.05) is 0 Å². The first-order valence-corrected chi connectivity index (χ1v) is 6.93. The van der Waals surface area contributed by atoms with Crippen LogP contribution in [0, 0.1) is 5.41 Å². The van der Waals surface area contributed by atoms with E-state index in [4.69, 9.17) is 5.84 Å². The van der Waals surface area contributed by atoms with Crippen molar-refractivity contribution in [3.8, 4) is 0 Å². The quantitative estimate of drug-likeness (QED) is 0.428. The highest BCUT2D eigenvalue weighted by Crippen LogP contribution is 2.27. The molecule has 2 aliphatic heterocycles. The van der Waals surface area contributed by atoms with Crippen molar-refractivity contribution in [2.75, 3.05) is 26.2 Å². The molecule has 1 amide bonds. The van der Waals surface area contributed by atoms with Crippen LogP contribution in [0.4, 0.5) is 0 Å². The van der Waals surface area contributed by atoms with E-state index in [0.717, 1.165) is 19.6 Å². The van der Waals surface area contributed by atoms with E-state index in [1.54, 1.807) is 0 Å². The third-order valence-electron chi connectivity index (χ3n) is 4.41. The zero-order valence-electron chi connectivity index (χ0n) is 11.8. The summed E-state index contributed by atoms with van der Waals surface area (Å²) in [6.07, 6.45) is 2.62. The Balaban J connectivity index is 1.98. The van der Waals surface area contributed by atoms with Crippen molar-refractivity contribution in [2.45, 2.75) is 45.7 Å². The highest BCUT2D eigenvalue weighted by molar-refractivity contribution is 5.81. The average molecular weight is 254 g/mol. The van der Waals surface area contributed by atoms with Gasteiger partial charge in [0.1, 0.15) is 0 Å². The zero-order chi connectivity index (χ0) is 13.3. The van der Waals surface area contributed by atoms with Crippen LogP contribution in [0.3, 0.4) is 0 Å². The maximum Gasteiger partial charge on any atom is 0.240 e. The smallest absolute Gasteiger partial charge is 0.240 e. The molecule has 5 nitrogen and oxygen atoms in total. The highest BCUT2D eigenvalue weighted by atomic mass is 16.2. The van der Waals surface area contributed by atoms with E-state index in [-0.39, 0.29) is 5.91 Å². The molecule has 104 valence electrons. The Morgan fingerprint density at radius 3 is 2.83 bits per heavy atom. The number of nitrogens with two attached hydrogens (primary N) is 1. The molecule has 0 radical (unpaired) electrons. The molecular formula is C13H26N4O. The molecule has 5 heteroatoms. The van der Waals surface area contributed by atoms with Gasteiger partial charge in [0.05, 0.1) is 5.41 Å². The lowest BCUT2D eigenvalue weighted by molar-refractivity contribution is -0.131. The second kappa shape index (κ2) is 5.15. The van der Waals surface area contributed by atoms with Crippen LogP contribution in [-0.2, 0) is 4.79 Å². The molecule has 2 saturated heterocycles. The molecule has 0 aliphatic carbocycles. The van der Waals surface area contributed by atoms with Gasteiger partial charge in [0, 0.05) is 31.7 Å². The van der Waals surface area contributed by atoms with Crippen molar-refractivity contribution in [1.82, 2.24) is 15.2 Å². The number of piperazine rings is 1. The fraction of sp³-hybridized carbons (Fsp3) is 0.923. The van der Waals surface area contributed by atoms with Crippen LogP contribution in [0.15, 0.2) is 0 Å². The van der Waals surface area contributed by atoms with E-state index >= 15 is 0 Å². The third kappa shape index (κ3) is 2.68. The lowest BCUT2D eigenvalue weighted by atomic mass is 9.90. The number of nitrogens with one attached hydrogen (secondary N) is 1. The Bertz CT molecular complexity index is 318. The van der Waals surface area contributed by atoms with Gasteiger partial charge in [0.25, 0.3) is 0 Å². The summed E-state index contributed by atoms with van der Waals surface area (Å²) in [4.78, 5) is 16.8. The number of hydrogen-bond donors (Lipinski definition) is 2. The molecule has 0 spiro atoms. The number of carbonyl (C=O) groups is 1. The number of hydrazine groups is 1. The van der Waals surface area contributed by atoms with Crippen LogP contribution in [0.2, 0.25) is 0 Å². The van der Waals surface area contributed by atoms with Crippen LogP contribution in [0.25, 0.3) is 0 Å². The van der Waals surface area contributed by atoms with Gasteiger partial charge in [0.2, 0.25) is 5.91 Å². The predicted octanol–water partition coefficient (Wildman–Crippen LogP) is 0.171. The first kappa shape index (κ1) is 13.8. The van der Waals surface area contributed by atoms with Crippen molar-refractivity contribution < 1.29 is 4.79 Å². The van der Waals surface area contributed by atoms with Crippen LogP contribution in [0.1, 0.15) is 33.6 Å². The molecule has 0 aromatic rings. The number of fused-ring (bicyclic) bond motifs is 1. The summed E-state index contributed by atoms with van der Waals surface area (Å²) < 4.78 is 0. The normalized spacial score (nSPS) is 30.2. The molecule has 0 bridgehead atoms. The number of nitrogens with zero attached hydrogens (tertiary/aromatic N) is 2. The molecule has 2 atom stereocenters. The van der Waals surface area contributed by atoms with E-state index in [2.05, 4.69) is 22.1 Å². The van der Waals surface area contributed by atoms with E-state index < -0.39 is 5.41 Å². The molecule has 2 heterocycles. The summed E-state index contributed by atoms with van der Waals surface area (Å²) in [5.41, 5.74) is 1.85. The van der Waals surface area contributed by atoms with Gasteiger partial charge in [-0.25, -0.2) is 5.84 Å². The Hall–Kier alpha value is -0.650. The summed E-state index contributed by atoms with van der Waals surface area (Å²) >= 11 is 0. The summed E-state index contributed by atoms with van der Waals surface area (Å²) in [5, 5.41) is 0. The molecule has 2 rings (SSSR count). The van der Waals surface area contributed by atoms with Crippen molar-refractivity contribution in [1.29, 1.82) is 0 Å². The number of carbonyl (C=O) groups excluding carboxylic acids is 1. The summed E-state index contributed by atoms with van der Waals surface area (Å²) in [5.74, 6) is 5.18. The van der Waals surface area contributed by atoms with Crippen LogP contribution < -0.4 is 11.3 Å². The second-order valence-electron chi connectivity index (χ2n) is 6.43. The largest absolute Gasteiger partial charge is 0.298 e. The summed E-state index contributed by atoms with van der Waals surface area (Å²) in [6.45, 7) is 10.4. The van der Waals surface area contributed by atoms with Gasteiger partial charge < -0.3 is 0 Å². The molecule has 2 unspecified atom stereocenters. The van der Waals surface area contributed by atoms with Gasteiger partial charge in [-0.15, -0.1) is 0 Å². The molecular weight excluding hydrogens is 228 g/mol. The monoisotopic (exact) mass is 254 g/mol. The standard InChI is InChI=1S/C13H26N4O/c1-10-7-16-6-4-5-11(16)8-17(10)9-13(2,3)12(18)15-14/h10-11H,4-9,14H2,1-3H3,(H,15,18). The van der Waals surface area contributed by atoms with E-state index in [9.17, 15) is 4.79 Å². The minimum Gasteiger partial charge on any atom is -0.298 e. The fourth-order valence-corrected chi connectivity index (χ4v) is 3.24. The Kier molecular flexibility index (Phi) is 3.94. The van der Waals surface area contributed by atoms with Gasteiger partial charge in [-0.3, -0.25) is 20.0 Å². The topological polar surface area (TPSA) is 61.6 Å². The number of hydrogen-bond acceptors (Lipinski definition) is 4. The van der Waals surface area contributed by atoms with Crippen LogP contribution in [-0.4, -0.2) is 54.0 Å². The molecule has 2 fully saturated rings. The first-order chi connectivity index (χ1) is 8.44. The number of amides is 1. The Morgan fingerprint density at radius 2 is 2.17 bits per heavy atom. The minimum absolute atomic E-state index is 0.0800. The molecule has 2 aliphatic rings. The predicted molar refractivity (Wildman–Crippen MR) is 71.7 cm³/mol. The average Bonchev–Trinajstić information content (AvgIpc) is 2.75. The Labute approximate surface area is 110 Å². The zero-order valence-corrected chi connectivity index (χ0v) is 11.8. The maximum atomic E-state index is 11.8. The number of rotatable bonds is 3. The van der Waals surface area contributed by atoms with Gasteiger partial charge >= 0.3 is 0 Å². The van der Waals surface area contributed by atoms with Crippen molar-refractivity contribution >= 4 is 5.91 Å². The molecule has 0 aromatic carbocycles. The third-order valence-corrected chi connectivity index (χ3v) is 4.41. The second-order valence-corrected chi connectivity index (χ2v) is 6.43. The lowest BCUT2D eigenvalue weighted by Crippen LogP contribution is -2.58. The Morgan fingerprint density at radius 1 is 1.44 bits per heavy atom. The van der Waals surface area contributed by atoms with Crippen LogP contribution in [0.5, 0.6) is 0 Å². The van der Waals surface area contributed by atoms with Gasteiger partial charge in [0.15, 0.2) is 0 Å². The minimum atomic E-state index is -0.427. The molecule has 0 saturated carbocycles. The van der Waals surface area contributed by atoms with Crippen molar-refractivity contribution in [3.63, 3.8) is 0 Å². The summed E-state index contributed by atoms with van der Waals surface area (Å²) in [7, 11) is 0. The first-order valence-electron chi connectivity index (χ1n) is 6.93. The SMILES string of the molecule is CC1CN2CCCC2CN1CC(C)(C)C(=O)NN. The molecule has 3 N–H and O–H groups in total. The van der Waals surface area contributed by atoms with Crippen molar-refractivity contribution in [3.05, 3.63) is 0 Å². The van der Waals surface area contributed by atoms with E-state index in [1.165, 1.54) is 19.4 Å². The highest BCUT2D eigenvalue weighted by Gasteiger charge is 2.38. The fourth-order valence-electron chi connectivity index (χ4n) is 3.24. The van der Waals surface area contributed by atoms with Gasteiger partial charge in [-0.05, 0) is 40.2 Å².